The van der Waals surface area contributed by atoms with Gasteiger partial charge in [-0.25, -0.2) is 0 Å². The molecule has 0 aromatic carbocycles. The van der Waals surface area contributed by atoms with Gasteiger partial charge >= 0.3 is 5.97 Å². The average molecular weight is 1110 g/mol. The summed E-state index contributed by atoms with van der Waals surface area (Å²) < 4.78 is 17.6. The van der Waals surface area contributed by atoms with Crippen LogP contribution in [0.15, 0.2) is 72.9 Å². The monoisotopic (exact) mass is 1110 g/mol. The first-order chi connectivity index (χ1) is 38.7. The predicted molar refractivity (Wildman–Crippen MR) is 329 cm³/mol. The molecule has 8 unspecified atom stereocenters. The Morgan fingerprint density at radius 2 is 0.911 bits per heavy atom. The number of hydrogen-bond acceptors (Lipinski definition) is 10. The third kappa shape index (κ3) is 43.5. The lowest BCUT2D eigenvalue weighted by Gasteiger charge is -2.41. The maximum absolute atomic E-state index is 13.4. The maximum Gasteiger partial charge on any atom is 0.306 e. The number of esters is 1. The van der Waals surface area contributed by atoms with Crippen LogP contribution in [0.1, 0.15) is 284 Å². The predicted octanol–water partition coefficient (Wildman–Crippen LogP) is 16.0. The van der Waals surface area contributed by atoms with Crippen molar-refractivity contribution in [1.29, 1.82) is 0 Å². The lowest BCUT2D eigenvalue weighted by molar-refractivity contribution is -0.305. The number of nitrogens with one attached hydrogen (secondary N) is 1. The van der Waals surface area contributed by atoms with Crippen molar-refractivity contribution in [3.8, 4) is 0 Å². The van der Waals surface area contributed by atoms with Gasteiger partial charge in [0.05, 0.1) is 25.4 Å². The van der Waals surface area contributed by atoms with Crippen LogP contribution in [0.2, 0.25) is 0 Å². The molecule has 79 heavy (non-hydrogen) atoms. The van der Waals surface area contributed by atoms with Crippen LogP contribution >= 0.6 is 0 Å². The van der Waals surface area contributed by atoms with E-state index in [9.17, 15) is 35.1 Å². The van der Waals surface area contributed by atoms with Crippen molar-refractivity contribution in [1.82, 2.24) is 5.32 Å². The Balaban J connectivity index is 2.67. The highest BCUT2D eigenvalue weighted by Gasteiger charge is 2.47. The second-order valence-corrected chi connectivity index (χ2v) is 22.5. The van der Waals surface area contributed by atoms with Crippen molar-refractivity contribution in [2.75, 3.05) is 13.2 Å². The molecule has 458 valence electrons. The Morgan fingerprint density at radius 3 is 1.37 bits per heavy atom. The topological polar surface area (TPSA) is 175 Å². The van der Waals surface area contributed by atoms with E-state index in [2.05, 4.69) is 86.8 Å². The fourth-order valence-electron chi connectivity index (χ4n) is 9.97. The summed E-state index contributed by atoms with van der Waals surface area (Å²) in [6.45, 7) is 5.69. The molecule has 1 heterocycles. The van der Waals surface area contributed by atoms with E-state index in [0.29, 0.717) is 19.3 Å². The molecule has 1 rings (SSSR count). The number of hydrogen-bond donors (Lipinski definition) is 6. The number of carbonyl (C=O) groups excluding carboxylic acids is 2. The normalized spacial score (nSPS) is 19.3. The minimum absolute atomic E-state index is 0.100. The van der Waals surface area contributed by atoms with Crippen LogP contribution in [0.3, 0.4) is 0 Å². The minimum Gasteiger partial charge on any atom is -0.454 e. The first-order valence-corrected chi connectivity index (χ1v) is 32.7. The van der Waals surface area contributed by atoms with E-state index in [1.807, 2.05) is 6.08 Å². The number of amides is 1. The number of rotatable bonds is 55. The van der Waals surface area contributed by atoms with Crippen LogP contribution in [-0.4, -0.2) is 99.6 Å². The summed E-state index contributed by atoms with van der Waals surface area (Å²) in [4.78, 5) is 26.6. The van der Waals surface area contributed by atoms with Crippen LogP contribution < -0.4 is 5.32 Å². The highest BCUT2D eigenvalue weighted by molar-refractivity contribution is 5.80. The summed E-state index contributed by atoms with van der Waals surface area (Å²) in [5.74, 6) is -1.21. The molecule has 0 radical (unpaired) electrons. The Bertz CT molecular complexity index is 1560. The molecule has 11 nitrogen and oxygen atoms in total. The standard InChI is InChI=1S/C68H121NO10/c1-4-7-10-13-16-19-22-25-27-29-30-31-32-33-35-38-41-44-47-50-53-56-63(73)79-66-65(75)64(74)62(57-70)78-68(66)77-58-59(60(71)54-51-48-45-42-39-36-24-21-18-15-12-9-6-3)69-67(76)61(72)55-52-49-46-43-40-37-34-28-26-23-20-17-14-11-8-5-2/h7,10,16,19,25,27,30-31,33,35,51,54,59-62,64-66,68,70-72,74-75H,4-6,8-9,11-15,17-18,20-24,26,28-29,32,34,36-50,52-53,55-58H2,1-3H3,(H,69,76)/b10-7-,19-16-,27-25-,31-30-,35-33-,54-51+. The molecular formula is C68H121NO10. The molecule has 0 aliphatic carbocycles. The van der Waals surface area contributed by atoms with Gasteiger partial charge in [0.25, 0.3) is 0 Å². The average Bonchev–Trinajstić information content (AvgIpc) is 3.49. The zero-order valence-electron chi connectivity index (χ0n) is 50.7. The van der Waals surface area contributed by atoms with Gasteiger partial charge in [-0.1, -0.05) is 280 Å². The fraction of sp³-hybridized carbons (Fsp3) is 0.794. The van der Waals surface area contributed by atoms with Crippen molar-refractivity contribution < 1.29 is 49.3 Å². The van der Waals surface area contributed by atoms with Crippen LogP contribution in [0, 0.1) is 0 Å². The number of unbranched alkanes of at least 4 members (excludes halogenated alkanes) is 31. The van der Waals surface area contributed by atoms with Gasteiger partial charge in [-0.3, -0.25) is 9.59 Å². The van der Waals surface area contributed by atoms with E-state index in [1.165, 1.54) is 135 Å². The molecule has 8 atom stereocenters. The number of aliphatic hydroxyl groups excluding tert-OH is 5. The first-order valence-electron chi connectivity index (χ1n) is 32.7. The van der Waals surface area contributed by atoms with Gasteiger partial charge in [-0.15, -0.1) is 0 Å². The van der Waals surface area contributed by atoms with Crippen molar-refractivity contribution >= 4 is 11.9 Å². The van der Waals surface area contributed by atoms with Crippen molar-refractivity contribution in [2.24, 2.45) is 0 Å². The van der Waals surface area contributed by atoms with E-state index >= 15 is 0 Å². The Morgan fingerprint density at radius 1 is 0.506 bits per heavy atom. The molecule has 0 bridgehead atoms. The molecule has 1 amide bonds. The van der Waals surface area contributed by atoms with Gasteiger partial charge in [0.2, 0.25) is 5.91 Å². The number of ether oxygens (including phenoxy) is 3. The highest BCUT2D eigenvalue weighted by atomic mass is 16.7. The molecule has 1 aliphatic rings. The largest absolute Gasteiger partial charge is 0.454 e. The molecule has 0 aromatic heterocycles. The third-order valence-corrected chi connectivity index (χ3v) is 15.1. The van der Waals surface area contributed by atoms with Crippen molar-refractivity contribution in [3.63, 3.8) is 0 Å². The Labute approximate surface area is 483 Å². The van der Waals surface area contributed by atoms with E-state index in [0.717, 1.165) is 103 Å². The maximum atomic E-state index is 13.4. The SMILES string of the molecule is CC/C=C\C/C=C\C/C=C\C/C=C\C/C=C\CCCCCCCC(=O)OC1C(OCC(NC(=O)C(O)CCCCCCCCCCCCCCCCCC)C(O)/C=C/CCCCCCCCCCCCC)OC(CO)C(O)C1O. The van der Waals surface area contributed by atoms with Gasteiger partial charge in [0, 0.05) is 6.42 Å². The minimum atomic E-state index is -1.62. The summed E-state index contributed by atoms with van der Waals surface area (Å²) in [7, 11) is 0. The van der Waals surface area contributed by atoms with E-state index in [4.69, 9.17) is 14.2 Å². The van der Waals surface area contributed by atoms with Gasteiger partial charge in [-0.05, 0) is 70.6 Å². The second kappa shape index (κ2) is 55.6. The quantitative estimate of drug-likeness (QED) is 0.0195. The van der Waals surface area contributed by atoms with Gasteiger partial charge in [0.15, 0.2) is 12.4 Å². The van der Waals surface area contributed by atoms with Crippen LogP contribution in [0.4, 0.5) is 0 Å². The second-order valence-electron chi connectivity index (χ2n) is 22.5. The van der Waals surface area contributed by atoms with Crippen molar-refractivity contribution in [2.45, 2.75) is 333 Å². The van der Waals surface area contributed by atoms with Gasteiger partial charge < -0.3 is 45.1 Å². The zero-order valence-corrected chi connectivity index (χ0v) is 50.7. The molecule has 1 fully saturated rings. The third-order valence-electron chi connectivity index (χ3n) is 15.1. The molecule has 1 saturated heterocycles. The van der Waals surface area contributed by atoms with Crippen LogP contribution in [-0.2, 0) is 23.8 Å². The highest BCUT2D eigenvalue weighted by Crippen LogP contribution is 2.26. The van der Waals surface area contributed by atoms with Crippen LogP contribution in [0.25, 0.3) is 0 Å². The Hall–Kier alpha value is -2.90. The molecule has 0 spiro atoms. The van der Waals surface area contributed by atoms with Crippen molar-refractivity contribution in [3.05, 3.63) is 72.9 Å². The number of aliphatic hydroxyl groups is 5. The lowest BCUT2D eigenvalue weighted by Crippen LogP contribution is -2.61. The summed E-state index contributed by atoms with van der Waals surface area (Å²) in [5.41, 5.74) is 0. The lowest BCUT2D eigenvalue weighted by atomic mass is 9.99. The summed E-state index contributed by atoms with van der Waals surface area (Å²) in [6, 6.07) is -1.03. The smallest absolute Gasteiger partial charge is 0.306 e. The first kappa shape index (κ1) is 74.1. The molecule has 11 heteroatoms. The van der Waals surface area contributed by atoms with Crippen LogP contribution in [0.5, 0.6) is 0 Å². The number of allylic oxidation sites excluding steroid dienone is 11. The summed E-state index contributed by atoms with van der Waals surface area (Å²) in [5, 5.41) is 57.1. The van der Waals surface area contributed by atoms with Gasteiger partial charge in [-0.2, -0.15) is 0 Å². The molecule has 1 aliphatic heterocycles. The van der Waals surface area contributed by atoms with E-state index in [-0.39, 0.29) is 13.0 Å². The summed E-state index contributed by atoms with van der Waals surface area (Å²) >= 11 is 0. The number of carbonyl (C=O) groups is 2. The van der Waals surface area contributed by atoms with E-state index in [1.54, 1.807) is 6.08 Å². The molecule has 0 aromatic rings. The Kier molecular flexibility index (Phi) is 52.2. The molecule has 0 saturated carbocycles. The van der Waals surface area contributed by atoms with Gasteiger partial charge in [0.1, 0.15) is 24.4 Å². The zero-order chi connectivity index (χ0) is 57.5. The fourth-order valence-corrected chi connectivity index (χ4v) is 9.97. The molecule has 6 N–H and O–H groups in total. The summed E-state index contributed by atoms with van der Waals surface area (Å²) in [6.07, 6.45) is 60.7. The van der Waals surface area contributed by atoms with E-state index < -0.39 is 67.4 Å². The molecular weight excluding hydrogens is 991 g/mol.